The highest BCUT2D eigenvalue weighted by molar-refractivity contribution is 5.66. The quantitative estimate of drug-likeness (QED) is 0.838. The molecule has 0 aromatic carbocycles. The van der Waals surface area contributed by atoms with Gasteiger partial charge in [0.1, 0.15) is 11.6 Å². The van der Waals surface area contributed by atoms with Gasteiger partial charge in [-0.2, -0.15) is 4.98 Å². The summed E-state index contributed by atoms with van der Waals surface area (Å²) in [7, 11) is 0. The summed E-state index contributed by atoms with van der Waals surface area (Å²) in [6.45, 7) is 3.79. The largest absolute Gasteiger partial charge is 0.383 e. The number of aryl methyl sites for hydroxylation is 2. The van der Waals surface area contributed by atoms with E-state index >= 15 is 0 Å². The van der Waals surface area contributed by atoms with Crippen LogP contribution in [-0.2, 0) is 6.42 Å². The Morgan fingerprint density at radius 3 is 2.75 bits per heavy atom. The minimum absolute atomic E-state index is 0.388. The Morgan fingerprint density at radius 1 is 1.38 bits per heavy atom. The van der Waals surface area contributed by atoms with Crippen LogP contribution in [0.25, 0.3) is 11.4 Å². The molecule has 0 amide bonds. The zero-order valence-corrected chi connectivity index (χ0v) is 9.27. The van der Waals surface area contributed by atoms with Gasteiger partial charge in [-0.05, 0) is 6.42 Å². The van der Waals surface area contributed by atoms with Gasteiger partial charge in [0.2, 0.25) is 11.7 Å². The maximum atomic E-state index is 5.82. The van der Waals surface area contributed by atoms with E-state index in [-0.39, 0.29) is 0 Å². The number of nitrogen functional groups attached to an aromatic ring is 1. The number of hydrogen-bond acceptors (Lipinski definition) is 6. The average Bonchev–Trinajstić information content (AvgIpc) is 2.65. The van der Waals surface area contributed by atoms with Crippen LogP contribution in [0.1, 0.15) is 25.1 Å². The van der Waals surface area contributed by atoms with Gasteiger partial charge in [0.25, 0.3) is 0 Å². The van der Waals surface area contributed by atoms with Gasteiger partial charge in [0.05, 0.1) is 5.56 Å². The van der Waals surface area contributed by atoms with Crippen molar-refractivity contribution in [3.05, 3.63) is 17.9 Å². The highest BCUT2D eigenvalue weighted by atomic mass is 16.5. The first kappa shape index (κ1) is 10.5. The molecule has 0 aliphatic carbocycles. The van der Waals surface area contributed by atoms with Gasteiger partial charge in [0.15, 0.2) is 0 Å². The third kappa shape index (κ3) is 2.00. The second-order valence-electron chi connectivity index (χ2n) is 3.47. The van der Waals surface area contributed by atoms with E-state index < -0.39 is 0 Å². The molecule has 0 aliphatic rings. The summed E-state index contributed by atoms with van der Waals surface area (Å²) >= 11 is 0. The van der Waals surface area contributed by atoms with Crippen molar-refractivity contribution in [3.8, 4) is 11.4 Å². The number of anilines is 1. The number of nitrogens with two attached hydrogens (primary N) is 1. The SMILES string of the molecule is CCCc1ncc(-c2noc(C)n2)c(N)n1. The molecule has 0 saturated heterocycles. The Bertz CT molecular complexity index is 494. The van der Waals surface area contributed by atoms with Gasteiger partial charge >= 0.3 is 0 Å². The molecule has 2 aromatic heterocycles. The molecule has 0 atom stereocenters. The molecule has 6 nitrogen and oxygen atoms in total. The molecule has 0 radical (unpaired) electrons. The van der Waals surface area contributed by atoms with E-state index in [0.717, 1.165) is 18.7 Å². The summed E-state index contributed by atoms with van der Waals surface area (Å²) in [5.41, 5.74) is 6.43. The number of rotatable bonds is 3. The first-order valence-electron chi connectivity index (χ1n) is 5.12. The van der Waals surface area contributed by atoms with Crippen LogP contribution >= 0.6 is 0 Å². The number of nitrogens with zero attached hydrogens (tertiary/aromatic N) is 4. The van der Waals surface area contributed by atoms with Gasteiger partial charge < -0.3 is 10.3 Å². The van der Waals surface area contributed by atoms with Crippen LogP contribution in [0, 0.1) is 6.92 Å². The normalized spacial score (nSPS) is 10.6. The first-order chi connectivity index (χ1) is 7.70. The highest BCUT2D eigenvalue weighted by Crippen LogP contribution is 2.20. The fourth-order valence-electron chi connectivity index (χ4n) is 1.36. The standard InChI is InChI=1S/C10H13N5O/c1-3-4-8-12-5-7(9(11)14-8)10-13-6(2)16-15-10/h5H,3-4H2,1-2H3,(H2,11,12,14). The van der Waals surface area contributed by atoms with Crippen molar-refractivity contribution in [2.45, 2.75) is 26.7 Å². The second-order valence-corrected chi connectivity index (χ2v) is 3.47. The van der Waals surface area contributed by atoms with Crippen molar-refractivity contribution >= 4 is 5.82 Å². The molecule has 0 unspecified atom stereocenters. The lowest BCUT2D eigenvalue weighted by atomic mass is 10.2. The molecule has 0 fully saturated rings. The van der Waals surface area contributed by atoms with Crippen molar-refractivity contribution in [2.75, 3.05) is 5.73 Å². The molecular formula is C10H13N5O. The van der Waals surface area contributed by atoms with Gasteiger partial charge in [-0.15, -0.1) is 0 Å². The molecule has 2 N–H and O–H groups in total. The predicted molar refractivity (Wildman–Crippen MR) is 58.5 cm³/mol. The average molecular weight is 219 g/mol. The topological polar surface area (TPSA) is 90.7 Å². The molecule has 0 bridgehead atoms. The third-order valence-electron chi connectivity index (χ3n) is 2.11. The van der Waals surface area contributed by atoms with Gasteiger partial charge in [-0.1, -0.05) is 12.1 Å². The zero-order valence-electron chi connectivity index (χ0n) is 9.27. The number of hydrogen-bond donors (Lipinski definition) is 1. The lowest BCUT2D eigenvalue weighted by molar-refractivity contribution is 0.394. The van der Waals surface area contributed by atoms with Crippen LogP contribution in [0.3, 0.4) is 0 Å². The molecule has 0 aliphatic heterocycles. The van der Waals surface area contributed by atoms with E-state index in [4.69, 9.17) is 10.3 Å². The van der Waals surface area contributed by atoms with Crippen LogP contribution < -0.4 is 5.73 Å². The van der Waals surface area contributed by atoms with Crippen molar-refractivity contribution in [1.82, 2.24) is 20.1 Å². The van der Waals surface area contributed by atoms with Crippen molar-refractivity contribution in [1.29, 1.82) is 0 Å². The van der Waals surface area contributed by atoms with E-state index in [1.165, 1.54) is 0 Å². The summed E-state index contributed by atoms with van der Waals surface area (Å²) < 4.78 is 4.88. The Hall–Kier alpha value is -1.98. The third-order valence-corrected chi connectivity index (χ3v) is 2.11. The fourth-order valence-corrected chi connectivity index (χ4v) is 1.36. The predicted octanol–water partition coefficient (Wildman–Crippen LogP) is 1.37. The van der Waals surface area contributed by atoms with E-state index in [1.807, 2.05) is 0 Å². The minimum Gasteiger partial charge on any atom is -0.383 e. The van der Waals surface area contributed by atoms with Gasteiger partial charge in [-0.3, -0.25) is 0 Å². The van der Waals surface area contributed by atoms with Gasteiger partial charge in [-0.25, -0.2) is 9.97 Å². The molecule has 2 heterocycles. The zero-order chi connectivity index (χ0) is 11.5. The molecular weight excluding hydrogens is 206 g/mol. The summed E-state index contributed by atoms with van der Waals surface area (Å²) in [5, 5.41) is 3.78. The van der Waals surface area contributed by atoms with Crippen LogP contribution in [0.2, 0.25) is 0 Å². The molecule has 84 valence electrons. The molecule has 2 aromatic rings. The van der Waals surface area contributed by atoms with Crippen molar-refractivity contribution < 1.29 is 4.52 Å². The second kappa shape index (κ2) is 4.26. The van der Waals surface area contributed by atoms with E-state index in [1.54, 1.807) is 13.1 Å². The molecule has 2 rings (SSSR count). The monoisotopic (exact) mass is 219 g/mol. The highest BCUT2D eigenvalue weighted by Gasteiger charge is 2.11. The first-order valence-corrected chi connectivity index (χ1v) is 5.12. The molecule has 16 heavy (non-hydrogen) atoms. The molecule has 0 spiro atoms. The van der Waals surface area contributed by atoms with E-state index in [0.29, 0.717) is 23.1 Å². The van der Waals surface area contributed by atoms with E-state index in [9.17, 15) is 0 Å². The van der Waals surface area contributed by atoms with Crippen LogP contribution in [0.4, 0.5) is 5.82 Å². The summed E-state index contributed by atoms with van der Waals surface area (Å²) in [5.74, 6) is 2.05. The smallest absolute Gasteiger partial charge is 0.223 e. The van der Waals surface area contributed by atoms with E-state index in [2.05, 4.69) is 27.0 Å². The van der Waals surface area contributed by atoms with Crippen molar-refractivity contribution in [2.24, 2.45) is 0 Å². The Morgan fingerprint density at radius 2 is 2.19 bits per heavy atom. The Balaban J connectivity index is 2.36. The Kier molecular flexibility index (Phi) is 2.80. The Labute approximate surface area is 92.9 Å². The van der Waals surface area contributed by atoms with Crippen molar-refractivity contribution in [3.63, 3.8) is 0 Å². The molecule has 0 saturated carbocycles. The summed E-state index contributed by atoms with van der Waals surface area (Å²) in [4.78, 5) is 12.5. The minimum atomic E-state index is 0.388. The summed E-state index contributed by atoms with van der Waals surface area (Å²) in [6, 6.07) is 0. The fraction of sp³-hybridized carbons (Fsp3) is 0.400. The van der Waals surface area contributed by atoms with Crippen LogP contribution in [0.15, 0.2) is 10.7 Å². The lowest BCUT2D eigenvalue weighted by Crippen LogP contribution is -2.02. The summed E-state index contributed by atoms with van der Waals surface area (Å²) in [6.07, 6.45) is 3.44. The maximum absolute atomic E-state index is 5.82. The lowest BCUT2D eigenvalue weighted by Gasteiger charge is -2.02. The van der Waals surface area contributed by atoms with Gasteiger partial charge in [0, 0.05) is 19.5 Å². The molecule has 6 heteroatoms. The van der Waals surface area contributed by atoms with Crippen LogP contribution in [-0.4, -0.2) is 20.1 Å². The number of aromatic nitrogens is 4. The van der Waals surface area contributed by atoms with Crippen LogP contribution in [0.5, 0.6) is 0 Å². The maximum Gasteiger partial charge on any atom is 0.223 e.